The van der Waals surface area contributed by atoms with Crippen molar-refractivity contribution in [1.29, 1.82) is 0 Å². The van der Waals surface area contributed by atoms with Crippen LogP contribution in [0.1, 0.15) is 22.3 Å². The van der Waals surface area contributed by atoms with Crippen LogP contribution in [-0.4, -0.2) is 12.4 Å². The Balaban J connectivity index is 1.75. The van der Waals surface area contributed by atoms with Crippen molar-refractivity contribution in [2.75, 3.05) is 6.61 Å². The molecule has 0 N–H and O–H groups in total. The minimum atomic E-state index is -0.393. The predicted octanol–water partition coefficient (Wildman–Crippen LogP) is 3.62. The SMILES string of the molecule is O=C(CCOCc1ccccc1)c1cccc(F)c1. The van der Waals surface area contributed by atoms with Gasteiger partial charge in [0.2, 0.25) is 0 Å². The molecule has 0 saturated carbocycles. The second-order valence-corrected chi connectivity index (χ2v) is 4.22. The molecule has 0 bridgehead atoms. The van der Waals surface area contributed by atoms with Gasteiger partial charge >= 0.3 is 0 Å². The van der Waals surface area contributed by atoms with E-state index >= 15 is 0 Å². The Kier molecular flexibility index (Phi) is 4.81. The molecular formula is C16H15FO2. The van der Waals surface area contributed by atoms with E-state index in [1.165, 1.54) is 18.2 Å². The average molecular weight is 258 g/mol. The molecule has 2 nitrogen and oxygen atoms in total. The summed E-state index contributed by atoms with van der Waals surface area (Å²) in [5, 5.41) is 0. The molecule has 0 radical (unpaired) electrons. The number of carbonyl (C=O) groups is 1. The fraction of sp³-hybridized carbons (Fsp3) is 0.188. The van der Waals surface area contributed by atoms with Crippen molar-refractivity contribution in [3.63, 3.8) is 0 Å². The van der Waals surface area contributed by atoms with Gasteiger partial charge in [0.1, 0.15) is 5.82 Å². The monoisotopic (exact) mass is 258 g/mol. The van der Waals surface area contributed by atoms with E-state index in [-0.39, 0.29) is 12.2 Å². The largest absolute Gasteiger partial charge is 0.376 e. The summed E-state index contributed by atoms with van der Waals surface area (Å²) in [6, 6.07) is 15.5. The maximum atomic E-state index is 13.0. The Bertz CT molecular complexity index is 537. The van der Waals surface area contributed by atoms with Crippen LogP contribution < -0.4 is 0 Å². The molecule has 0 spiro atoms. The molecule has 0 aliphatic carbocycles. The van der Waals surface area contributed by atoms with Crippen molar-refractivity contribution >= 4 is 5.78 Å². The van der Waals surface area contributed by atoms with Crippen molar-refractivity contribution in [2.45, 2.75) is 13.0 Å². The molecule has 3 heteroatoms. The van der Waals surface area contributed by atoms with Crippen molar-refractivity contribution in [3.8, 4) is 0 Å². The first-order valence-electron chi connectivity index (χ1n) is 6.16. The van der Waals surface area contributed by atoms with Crippen LogP contribution in [0, 0.1) is 5.82 Å². The van der Waals surface area contributed by atoms with Crippen molar-refractivity contribution in [3.05, 3.63) is 71.5 Å². The van der Waals surface area contributed by atoms with Gasteiger partial charge in [-0.3, -0.25) is 4.79 Å². The summed E-state index contributed by atoms with van der Waals surface area (Å²) >= 11 is 0. The van der Waals surface area contributed by atoms with Gasteiger partial charge in [-0.15, -0.1) is 0 Å². The van der Waals surface area contributed by atoms with E-state index < -0.39 is 5.82 Å². The lowest BCUT2D eigenvalue weighted by Crippen LogP contribution is -2.05. The lowest BCUT2D eigenvalue weighted by molar-refractivity contribution is 0.0848. The molecule has 2 aromatic rings. The maximum absolute atomic E-state index is 13.0. The minimum absolute atomic E-state index is 0.104. The summed E-state index contributed by atoms with van der Waals surface area (Å²) < 4.78 is 18.4. The van der Waals surface area contributed by atoms with E-state index in [2.05, 4.69) is 0 Å². The van der Waals surface area contributed by atoms with Gasteiger partial charge in [-0.05, 0) is 17.7 Å². The second kappa shape index (κ2) is 6.81. The lowest BCUT2D eigenvalue weighted by Gasteiger charge is -2.04. The normalized spacial score (nSPS) is 10.4. The van der Waals surface area contributed by atoms with Gasteiger partial charge in [0, 0.05) is 12.0 Å². The number of hydrogen-bond acceptors (Lipinski definition) is 2. The molecule has 2 aromatic carbocycles. The van der Waals surface area contributed by atoms with E-state index in [4.69, 9.17) is 4.74 Å². The van der Waals surface area contributed by atoms with Gasteiger partial charge in [-0.2, -0.15) is 0 Å². The van der Waals surface area contributed by atoms with Crippen molar-refractivity contribution in [2.24, 2.45) is 0 Å². The molecule has 2 rings (SSSR count). The Labute approximate surface area is 111 Å². The molecular weight excluding hydrogens is 243 g/mol. The first-order chi connectivity index (χ1) is 9.25. The van der Waals surface area contributed by atoms with Crippen LogP contribution in [0.5, 0.6) is 0 Å². The van der Waals surface area contributed by atoms with Gasteiger partial charge in [-0.1, -0.05) is 42.5 Å². The summed E-state index contributed by atoms with van der Waals surface area (Å²) in [6.07, 6.45) is 0.260. The van der Waals surface area contributed by atoms with Crippen LogP contribution in [0.4, 0.5) is 4.39 Å². The Morgan fingerprint density at radius 3 is 2.58 bits per heavy atom. The van der Waals surface area contributed by atoms with Crippen LogP contribution in [-0.2, 0) is 11.3 Å². The Hall–Kier alpha value is -2.00. The minimum Gasteiger partial charge on any atom is -0.376 e. The van der Waals surface area contributed by atoms with Crippen LogP contribution in [0.3, 0.4) is 0 Å². The number of hydrogen-bond donors (Lipinski definition) is 0. The van der Waals surface area contributed by atoms with Crippen LogP contribution >= 0.6 is 0 Å². The van der Waals surface area contributed by atoms with Gasteiger partial charge in [0.05, 0.1) is 13.2 Å². The van der Waals surface area contributed by atoms with Gasteiger partial charge in [-0.25, -0.2) is 4.39 Å². The third-order valence-electron chi connectivity index (χ3n) is 2.73. The van der Waals surface area contributed by atoms with Crippen molar-refractivity contribution in [1.82, 2.24) is 0 Å². The fourth-order valence-electron chi connectivity index (χ4n) is 1.74. The molecule has 0 atom stereocenters. The standard InChI is InChI=1S/C16H15FO2/c17-15-8-4-7-14(11-15)16(18)9-10-19-12-13-5-2-1-3-6-13/h1-8,11H,9-10,12H2. The zero-order valence-corrected chi connectivity index (χ0v) is 10.5. The van der Waals surface area contributed by atoms with Gasteiger partial charge in [0.25, 0.3) is 0 Å². The third-order valence-corrected chi connectivity index (χ3v) is 2.73. The molecule has 0 amide bonds. The van der Waals surface area contributed by atoms with Crippen molar-refractivity contribution < 1.29 is 13.9 Å². The zero-order chi connectivity index (χ0) is 13.5. The fourth-order valence-corrected chi connectivity index (χ4v) is 1.74. The van der Waals surface area contributed by atoms with E-state index in [1.54, 1.807) is 6.07 Å². The molecule has 0 saturated heterocycles. The molecule has 0 heterocycles. The third kappa shape index (κ3) is 4.30. The summed E-state index contributed by atoms with van der Waals surface area (Å²) in [6.45, 7) is 0.821. The topological polar surface area (TPSA) is 26.3 Å². The number of ketones is 1. The highest BCUT2D eigenvalue weighted by atomic mass is 19.1. The van der Waals surface area contributed by atoms with Crippen LogP contribution in [0.15, 0.2) is 54.6 Å². The number of benzene rings is 2. The van der Waals surface area contributed by atoms with Crippen LogP contribution in [0.2, 0.25) is 0 Å². The number of rotatable bonds is 6. The average Bonchev–Trinajstić information content (AvgIpc) is 2.44. The first-order valence-corrected chi connectivity index (χ1v) is 6.16. The lowest BCUT2D eigenvalue weighted by atomic mass is 10.1. The first kappa shape index (κ1) is 13.4. The highest BCUT2D eigenvalue weighted by Crippen LogP contribution is 2.07. The zero-order valence-electron chi connectivity index (χ0n) is 10.5. The number of Topliss-reactive ketones (excluding diaryl/α,β-unsaturated/α-hetero) is 1. The summed E-state index contributed by atoms with van der Waals surface area (Å²) in [5.74, 6) is -0.497. The van der Waals surface area contributed by atoms with Crippen LogP contribution in [0.25, 0.3) is 0 Å². The predicted molar refractivity (Wildman–Crippen MR) is 71.4 cm³/mol. The quantitative estimate of drug-likeness (QED) is 0.584. The highest BCUT2D eigenvalue weighted by Gasteiger charge is 2.06. The maximum Gasteiger partial charge on any atom is 0.165 e. The Morgan fingerprint density at radius 2 is 1.84 bits per heavy atom. The smallest absolute Gasteiger partial charge is 0.165 e. The summed E-state index contributed by atoms with van der Waals surface area (Å²) in [7, 11) is 0. The van der Waals surface area contributed by atoms with E-state index in [0.717, 1.165) is 5.56 Å². The number of halogens is 1. The molecule has 0 fully saturated rings. The summed E-state index contributed by atoms with van der Waals surface area (Å²) in [5.41, 5.74) is 1.46. The number of carbonyl (C=O) groups excluding carboxylic acids is 1. The van der Waals surface area contributed by atoms with Gasteiger partial charge in [0.15, 0.2) is 5.78 Å². The molecule has 98 valence electrons. The van der Waals surface area contributed by atoms with E-state index in [1.807, 2.05) is 30.3 Å². The highest BCUT2D eigenvalue weighted by molar-refractivity contribution is 5.96. The molecule has 0 unspecified atom stereocenters. The Morgan fingerprint density at radius 1 is 1.05 bits per heavy atom. The van der Waals surface area contributed by atoms with E-state index in [0.29, 0.717) is 18.8 Å². The van der Waals surface area contributed by atoms with E-state index in [9.17, 15) is 9.18 Å². The molecule has 0 aliphatic rings. The number of ether oxygens (including phenoxy) is 1. The van der Waals surface area contributed by atoms with Gasteiger partial charge < -0.3 is 4.74 Å². The molecule has 0 aromatic heterocycles. The second-order valence-electron chi connectivity index (χ2n) is 4.22. The molecule has 0 aliphatic heterocycles. The molecule has 19 heavy (non-hydrogen) atoms. The summed E-state index contributed by atoms with van der Waals surface area (Å²) in [4.78, 5) is 11.8.